The van der Waals surface area contributed by atoms with Crippen LogP contribution in [0.5, 0.6) is 0 Å². The van der Waals surface area contributed by atoms with Gasteiger partial charge in [0.15, 0.2) is 0 Å². The molecule has 1 aliphatic carbocycles. The molecular weight excluding hydrogens is 248 g/mol. The molecule has 2 heteroatoms. The average Bonchev–Trinajstić information content (AvgIpc) is 2.67. The fourth-order valence-corrected chi connectivity index (χ4v) is 2.88. The largest absolute Gasteiger partial charge is 0.381 e. The van der Waals surface area contributed by atoms with E-state index in [4.69, 9.17) is 9.47 Å². The minimum absolute atomic E-state index is 0. The summed E-state index contributed by atoms with van der Waals surface area (Å²) in [6, 6.07) is 0. The van der Waals surface area contributed by atoms with Crippen LogP contribution in [0.3, 0.4) is 0 Å². The number of rotatable bonds is 0. The Morgan fingerprint density at radius 2 is 1.55 bits per heavy atom. The van der Waals surface area contributed by atoms with Crippen molar-refractivity contribution in [2.24, 2.45) is 22.7 Å². The first kappa shape index (κ1) is 19.9. The molecule has 2 nitrogen and oxygen atoms in total. The minimum atomic E-state index is 0. The van der Waals surface area contributed by atoms with E-state index in [0.29, 0.717) is 10.8 Å². The van der Waals surface area contributed by atoms with Crippen LogP contribution in [0.4, 0.5) is 0 Å². The second kappa shape index (κ2) is 8.38. The van der Waals surface area contributed by atoms with E-state index in [1.807, 2.05) is 13.8 Å². The van der Waals surface area contributed by atoms with Crippen LogP contribution in [0.15, 0.2) is 0 Å². The molecule has 0 amide bonds. The highest BCUT2D eigenvalue weighted by atomic mass is 16.5. The Balaban J connectivity index is 0.000000345. The Morgan fingerprint density at radius 3 is 1.75 bits per heavy atom. The first-order valence-corrected chi connectivity index (χ1v) is 8.07. The van der Waals surface area contributed by atoms with Gasteiger partial charge >= 0.3 is 0 Å². The summed E-state index contributed by atoms with van der Waals surface area (Å²) < 4.78 is 10.3. The van der Waals surface area contributed by atoms with Crippen LogP contribution in [0.25, 0.3) is 0 Å². The summed E-state index contributed by atoms with van der Waals surface area (Å²) in [6.07, 6.45) is 4.09. The van der Waals surface area contributed by atoms with Gasteiger partial charge in [0.1, 0.15) is 0 Å². The lowest BCUT2D eigenvalue weighted by Gasteiger charge is -2.57. The Kier molecular flexibility index (Phi) is 8.35. The second-order valence-corrected chi connectivity index (χ2v) is 7.43. The van der Waals surface area contributed by atoms with Crippen LogP contribution in [-0.4, -0.2) is 26.4 Å². The number of hydrogen-bond donors (Lipinski definition) is 0. The summed E-state index contributed by atoms with van der Waals surface area (Å²) >= 11 is 0. The number of hydrogen-bond acceptors (Lipinski definition) is 2. The predicted octanol–water partition coefficient (Wildman–Crippen LogP) is 5.16. The summed E-state index contributed by atoms with van der Waals surface area (Å²) in [7, 11) is 0. The van der Waals surface area contributed by atoms with E-state index in [-0.39, 0.29) is 7.43 Å². The zero-order chi connectivity index (χ0) is 14.5. The topological polar surface area (TPSA) is 18.5 Å². The van der Waals surface area contributed by atoms with Gasteiger partial charge in [0.2, 0.25) is 0 Å². The van der Waals surface area contributed by atoms with Gasteiger partial charge in [0.25, 0.3) is 0 Å². The fourth-order valence-electron chi connectivity index (χ4n) is 2.88. The highest BCUT2D eigenvalue weighted by Crippen LogP contribution is 2.56. The van der Waals surface area contributed by atoms with Crippen molar-refractivity contribution in [3.8, 4) is 0 Å². The lowest BCUT2D eigenvalue weighted by Crippen LogP contribution is -2.54. The van der Waals surface area contributed by atoms with E-state index in [0.717, 1.165) is 38.3 Å². The van der Waals surface area contributed by atoms with E-state index in [9.17, 15) is 0 Å². The lowest BCUT2D eigenvalue weighted by atomic mass is 9.54. The van der Waals surface area contributed by atoms with E-state index in [1.165, 1.54) is 19.3 Å². The smallest absolute Gasteiger partial charge is 0.0545 e. The third-order valence-corrected chi connectivity index (χ3v) is 4.56. The first-order chi connectivity index (χ1) is 8.91. The van der Waals surface area contributed by atoms with Gasteiger partial charge in [-0.3, -0.25) is 0 Å². The van der Waals surface area contributed by atoms with Crippen LogP contribution in [0.1, 0.15) is 68.2 Å². The van der Waals surface area contributed by atoms with Crippen LogP contribution < -0.4 is 0 Å². The van der Waals surface area contributed by atoms with Gasteiger partial charge in [-0.2, -0.15) is 0 Å². The molecule has 1 atom stereocenters. The van der Waals surface area contributed by atoms with Gasteiger partial charge in [0.05, 0.1) is 13.2 Å². The van der Waals surface area contributed by atoms with Gasteiger partial charge in [0, 0.05) is 18.6 Å². The third kappa shape index (κ3) is 5.37. The van der Waals surface area contributed by atoms with Crippen molar-refractivity contribution in [3.63, 3.8) is 0 Å². The standard InChI is InChI=1S/C10H18O.C5H10O.C2H6.CH4/c1-9(2,3)8-4-10(5-8)6-11-7-10;1-5-2-3-6-4-5;1-2;/h8H,4-7H2,1-3H3;5H,2-4H2,1H3;1-2H3;1H4/t;5-;;/m.1../s1. The first-order valence-electron chi connectivity index (χ1n) is 8.07. The molecule has 0 aromatic carbocycles. The van der Waals surface area contributed by atoms with Crippen molar-refractivity contribution in [1.29, 1.82) is 0 Å². The summed E-state index contributed by atoms with van der Waals surface area (Å²) in [6.45, 7) is 17.3. The molecule has 3 aliphatic rings. The fraction of sp³-hybridized carbons (Fsp3) is 1.00. The predicted molar refractivity (Wildman–Crippen MR) is 88.1 cm³/mol. The summed E-state index contributed by atoms with van der Waals surface area (Å²) in [5.74, 6) is 1.77. The SMILES string of the molecule is C.CC.CC(C)(C)C1CC2(COC2)C1.C[C@@H]1CCOC1. The molecule has 2 heterocycles. The molecule has 2 aliphatic heterocycles. The Labute approximate surface area is 127 Å². The van der Waals surface area contributed by atoms with Crippen LogP contribution in [-0.2, 0) is 9.47 Å². The summed E-state index contributed by atoms with van der Waals surface area (Å²) in [5, 5.41) is 0. The van der Waals surface area contributed by atoms with E-state index < -0.39 is 0 Å². The van der Waals surface area contributed by atoms with Crippen molar-refractivity contribution in [2.75, 3.05) is 26.4 Å². The van der Waals surface area contributed by atoms with Crippen molar-refractivity contribution >= 4 is 0 Å². The average molecular weight is 286 g/mol. The highest BCUT2D eigenvalue weighted by Gasteiger charge is 2.52. The maximum atomic E-state index is 5.24. The molecule has 0 bridgehead atoms. The summed E-state index contributed by atoms with van der Waals surface area (Å²) in [4.78, 5) is 0. The van der Waals surface area contributed by atoms with Gasteiger partial charge in [-0.15, -0.1) is 0 Å². The maximum Gasteiger partial charge on any atom is 0.0545 e. The normalized spacial score (nSPS) is 27.0. The Hall–Kier alpha value is -0.0800. The van der Waals surface area contributed by atoms with E-state index in [2.05, 4.69) is 27.7 Å². The van der Waals surface area contributed by atoms with Gasteiger partial charge < -0.3 is 9.47 Å². The Bertz CT molecular complexity index is 237. The molecule has 2 saturated heterocycles. The third-order valence-electron chi connectivity index (χ3n) is 4.56. The maximum absolute atomic E-state index is 5.24. The molecule has 3 fully saturated rings. The minimum Gasteiger partial charge on any atom is -0.381 e. The van der Waals surface area contributed by atoms with E-state index >= 15 is 0 Å². The second-order valence-electron chi connectivity index (χ2n) is 7.43. The van der Waals surface area contributed by atoms with Crippen molar-refractivity contribution in [1.82, 2.24) is 0 Å². The molecule has 20 heavy (non-hydrogen) atoms. The van der Waals surface area contributed by atoms with Crippen molar-refractivity contribution in [2.45, 2.75) is 68.2 Å². The van der Waals surface area contributed by atoms with Crippen molar-refractivity contribution in [3.05, 3.63) is 0 Å². The molecule has 0 aromatic heterocycles. The molecule has 1 saturated carbocycles. The van der Waals surface area contributed by atoms with Crippen LogP contribution in [0.2, 0.25) is 0 Å². The molecule has 0 N–H and O–H groups in total. The van der Waals surface area contributed by atoms with E-state index in [1.54, 1.807) is 0 Å². The molecule has 122 valence electrons. The molecule has 3 rings (SSSR count). The van der Waals surface area contributed by atoms with Gasteiger partial charge in [-0.1, -0.05) is 49.0 Å². The molecular formula is C18H38O2. The lowest BCUT2D eigenvalue weighted by molar-refractivity contribution is -0.195. The summed E-state index contributed by atoms with van der Waals surface area (Å²) in [5.41, 5.74) is 1.18. The molecule has 1 spiro atoms. The zero-order valence-electron chi connectivity index (χ0n) is 13.9. The highest BCUT2D eigenvalue weighted by molar-refractivity contribution is 5.01. The Morgan fingerprint density at radius 1 is 1.00 bits per heavy atom. The molecule has 0 unspecified atom stereocenters. The van der Waals surface area contributed by atoms with Gasteiger partial charge in [-0.25, -0.2) is 0 Å². The molecule has 0 radical (unpaired) electrons. The van der Waals surface area contributed by atoms with Crippen molar-refractivity contribution < 1.29 is 9.47 Å². The van der Waals surface area contributed by atoms with Gasteiger partial charge in [-0.05, 0) is 36.5 Å². The molecule has 0 aromatic rings. The number of ether oxygens (including phenoxy) is 2. The monoisotopic (exact) mass is 286 g/mol. The zero-order valence-corrected chi connectivity index (χ0v) is 13.9. The quantitative estimate of drug-likeness (QED) is 0.612. The van der Waals surface area contributed by atoms with Crippen LogP contribution >= 0.6 is 0 Å². The van der Waals surface area contributed by atoms with Crippen LogP contribution in [0, 0.1) is 22.7 Å².